The molecule has 0 aliphatic carbocycles. The van der Waals surface area contributed by atoms with Crippen LogP contribution in [0.25, 0.3) is 0 Å². The van der Waals surface area contributed by atoms with Crippen molar-refractivity contribution >= 4 is 5.78 Å². The molecule has 0 bridgehead atoms. The highest BCUT2D eigenvalue weighted by atomic mass is 16.5. The number of hydrogen-bond donors (Lipinski definition) is 0. The van der Waals surface area contributed by atoms with Gasteiger partial charge in [0.15, 0.2) is 5.78 Å². The van der Waals surface area contributed by atoms with E-state index in [1.165, 1.54) is 24.9 Å². The third kappa shape index (κ3) is 3.07. The van der Waals surface area contributed by atoms with E-state index in [1.54, 1.807) is 0 Å². The number of ether oxygens (including phenoxy) is 1. The van der Waals surface area contributed by atoms with E-state index in [9.17, 15) is 14.4 Å². The van der Waals surface area contributed by atoms with E-state index < -0.39 is 11.2 Å². The third-order valence-electron chi connectivity index (χ3n) is 3.71. The molecule has 2 rings (SSSR count). The van der Waals surface area contributed by atoms with Crippen LogP contribution in [0.2, 0.25) is 0 Å². The molecule has 0 amide bonds. The van der Waals surface area contributed by atoms with Crippen molar-refractivity contribution < 1.29 is 9.53 Å². The lowest BCUT2D eigenvalue weighted by Gasteiger charge is -2.22. The molecule has 1 atom stereocenters. The second kappa shape index (κ2) is 6.17. The van der Waals surface area contributed by atoms with E-state index in [0.717, 1.165) is 30.4 Å². The lowest BCUT2D eigenvalue weighted by molar-refractivity contribution is 0.0104. The van der Waals surface area contributed by atoms with Gasteiger partial charge < -0.3 is 9.30 Å². The fraction of sp³-hybridized carbons (Fsp3) is 0.643. The van der Waals surface area contributed by atoms with E-state index in [1.807, 2.05) is 0 Å². The van der Waals surface area contributed by atoms with Crippen molar-refractivity contribution in [2.24, 2.45) is 14.1 Å². The Balaban J connectivity index is 2.09. The minimum absolute atomic E-state index is 0.0745. The summed E-state index contributed by atoms with van der Waals surface area (Å²) in [5, 5.41) is 0. The van der Waals surface area contributed by atoms with Crippen molar-refractivity contribution in [2.45, 2.75) is 38.2 Å². The van der Waals surface area contributed by atoms with Gasteiger partial charge in [-0.1, -0.05) is 0 Å². The predicted octanol–water partition coefficient (Wildman–Crippen LogP) is 0.616. The first-order valence-corrected chi connectivity index (χ1v) is 6.92. The molecule has 1 aliphatic rings. The Hall–Kier alpha value is -1.69. The van der Waals surface area contributed by atoms with Gasteiger partial charge in [-0.15, -0.1) is 0 Å². The molecule has 0 aromatic carbocycles. The van der Waals surface area contributed by atoms with Gasteiger partial charge in [0.2, 0.25) is 0 Å². The molecule has 0 saturated carbocycles. The van der Waals surface area contributed by atoms with Crippen LogP contribution in [-0.2, 0) is 18.8 Å². The third-order valence-corrected chi connectivity index (χ3v) is 3.71. The van der Waals surface area contributed by atoms with Crippen LogP contribution in [0.5, 0.6) is 0 Å². The fourth-order valence-electron chi connectivity index (χ4n) is 2.46. The fourth-order valence-corrected chi connectivity index (χ4v) is 2.46. The maximum absolute atomic E-state index is 12.1. The number of aryl methyl sites for hydroxylation is 1. The highest BCUT2D eigenvalue weighted by molar-refractivity contribution is 5.95. The molecule has 1 aliphatic heterocycles. The highest BCUT2D eigenvalue weighted by Gasteiger charge is 2.18. The average Bonchev–Trinajstić information content (AvgIpc) is 2.47. The van der Waals surface area contributed by atoms with E-state index >= 15 is 0 Å². The van der Waals surface area contributed by atoms with E-state index in [0.29, 0.717) is 6.42 Å². The smallest absolute Gasteiger partial charge is 0.330 e. The molecule has 0 spiro atoms. The molecular formula is C14H20N2O4. The van der Waals surface area contributed by atoms with Gasteiger partial charge >= 0.3 is 5.69 Å². The number of hydrogen-bond acceptors (Lipinski definition) is 4. The summed E-state index contributed by atoms with van der Waals surface area (Å²) < 4.78 is 7.79. The van der Waals surface area contributed by atoms with E-state index in [-0.39, 0.29) is 23.9 Å². The molecule has 0 N–H and O–H groups in total. The van der Waals surface area contributed by atoms with Crippen LogP contribution in [0, 0.1) is 0 Å². The van der Waals surface area contributed by atoms with Crippen LogP contribution in [-0.4, -0.2) is 27.6 Å². The Morgan fingerprint density at radius 3 is 2.75 bits per heavy atom. The standard InChI is InChI=1S/C14H20N2O4/c1-15-9-11(13(18)16(2)14(15)19)12(17)7-6-10-5-3-4-8-20-10/h9-10H,3-8H2,1-2H3. The minimum Gasteiger partial charge on any atom is -0.378 e. The first kappa shape index (κ1) is 14.7. The van der Waals surface area contributed by atoms with Gasteiger partial charge in [-0.2, -0.15) is 0 Å². The molecule has 6 heteroatoms. The minimum atomic E-state index is -0.525. The lowest BCUT2D eigenvalue weighted by Crippen LogP contribution is -2.39. The molecule has 110 valence electrons. The lowest BCUT2D eigenvalue weighted by atomic mass is 10.0. The van der Waals surface area contributed by atoms with Crippen molar-refractivity contribution in [3.05, 3.63) is 32.6 Å². The van der Waals surface area contributed by atoms with E-state index in [2.05, 4.69) is 0 Å². The summed E-state index contributed by atoms with van der Waals surface area (Å²) in [6, 6.07) is 0. The summed E-state index contributed by atoms with van der Waals surface area (Å²) >= 11 is 0. The Kier molecular flexibility index (Phi) is 4.54. The van der Waals surface area contributed by atoms with Gasteiger partial charge in [0.1, 0.15) is 0 Å². The van der Waals surface area contributed by atoms with Gasteiger partial charge in [0.25, 0.3) is 5.56 Å². The summed E-state index contributed by atoms with van der Waals surface area (Å²) in [5.41, 5.74) is -0.879. The molecule has 20 heavy (non-hydrogen) atoms. The SMILES string of the molecule is Cn1cc(C(=O)CCC2CCCCO2)c(=O)n(C)c1=O. The van der Waals surface area contributed by atoms with Gasteiger partial charge in [-0.05, 0) is 25.7 Å². The number of aromatic nitrogens is 2. The van der Waals surface area contributed by atoms with Crippen molar-refractivity contribution in [1.82, 2.24) is 9.13 Å². The van der Waals surface area contributed by atoms with Crippen molar-refractivity contribution in [2.75, 3.05) is 6.61 Å². The molecular weight excluding hydrogens is 260 g/mol. The topological polar surface area (TPSA) is 70.3 Å². The van der Waals surface area contributed by atoms with Crippen LogP contribution in [0.3, 0.4) is 0 Å². The van der Waals surface area contributed by atoms with Crippen LogP contribution in [0.4, 0.5) is 0 Å². The summed E-state index contributed by atoms with van der Waals surface area (Å²) in [7, 11) is 2.91. The Morgan fingerprint density at radius 2 is 2.10 bits per heavy atom. The van der Waals surface area contributed by atoms with Gasteiger partial charge in [0.05, 0.1) is 11.7 Å². The number of carbonyl (C=O) groups is 1. The zero-order valence-electron chi connectivity index (χ0n) is 11.9. The zero-order valence-corrected chi connectivity index (χ0v) is 11.9. The summed E-state index contributed by atoms with van der Waals surface area (Å²) in [6.45, 7) is 0.750. The van der Waals surface area contributed by atoms with Crippen LogP contribution < -0.4 is 11.2 Å². The second-order valence-electron chi connectivity index (χ2n) is 5.25. The Morgan fingerprint density at radius 1 is 1.35 bits per heavy atom. The van der Waals surface area contributed by atoms with Crippen LogP contribution >= 0.6 is 0 Å². The van der Waals surface area contributed by atoms with Crippen molar-refractivity contribution in [3.8, 4) is 0 Å². The number of nitrogens with zero attached hydrogens (tertiary/aromatic N) is 2. The van der Waals surface area contributed by atoms with Gasteiger partial charge in [-0.3, -0.25) is 14.2 Å². The van der Waals surface area contributed by atoms with Crippen LogP contribution in [0.1, 0.15) is 42.5 Å². The molecule has 1 fully saturated rings. The maximum Gasteiger partial charge on any atom is 0.330 e. The highest BCUT2D eigenvalue weighted by Crippen LogP contribution is 2.17. The average molecular weight is 280 g/mol. The molecule has 1 saturated heterocycles. The van der Waals surface area contributed by atoms with E-state index in [4.69, 9.17) is 4.74 Å². The maximum atomic E-state index is 12.1. The summed E-state index contributed by atoms with van der Waals surface area (Å²) in [4.78, 5) is 35.6. The first-order valence-electron chi connectivity index (χ1n) is 6.92. The molecule has 1 aromatic heterocycles. The Labute approximate surface area is 117 Å². The number of Topliss-reactive ketones (excluding diaryl/α,β-unsaturated/α-hetero) is 1. The molecule has 1 aromatic rings. The summed E-state index contributed by atoms with van der Waals surface area (Å²) in [5.74, 6) is -0.227. The second-order valence-corrected chi connectivity index (χ2v) is 5.25. The largest absolute Gasteiger partial charge is 0.378 e. The normalized spacial score (nSPS) is 19.0. The number of ketones is 1. The molecule has 2 heterocycles. The Bertz CT molecular complexity index is 609. The van der Waals surface area contributed by atoms with Gasteiger partial charge in [-0.25, -0.2) is 4.79 Å². The monoisotopic (exact) mass is 280 g/mol. The molecule has 6 nitrogen and oxygen atoms in total. The van der Waals surface area contributed by atoms with Gasteiger partial charge in [0, 0.05) is 33.3 Å². The first-order chi connectivity index (χ1) is 9.50. The van der Waals surface area contributed by atoms with Crippen molar-refractivity contribution in [1.29, 1.82) is 0 Å². The molecule has 1 unspecified atom stereocenters. The molecule has 0 radical (unpaired) electrons. The van der Waals surface area contributed by atoms with Crippen molar-refractivity contribution in [3.63, 3.8) is 0 Å². The quantitative estimate of drug-likeness (QED) is 0.758. The number of carbonyl (C=O) groups excluding carboxylic acids is 1. The number of rotatable bonds is 4. The zero-order chi connectivity index (χ0) is 14.7. The predicted molar refractivity (Wildman–Crippen MR) is 74.1 cm³/mol. The van der Waals surface area contributed by atoms with Crippen LogP contribution in [0.15, 0.2) is 15.8 Å². The summed E-state index contributed by atoms with van der Waals surface area (Å²) in [6.07, 6.45) is 5.52.